The minimum atomic E-state index is 0.0974. The maximum atomic E-state index is 11.9. The van der Waals surface area contributed by atoms with Crippen molar-refractivity contribution < 1.29 is 4.79 Å². The predicted octanol–water partition coefficient (Wildman–Crippen LogP) is 1.13. The van der Waals surface area contributed by atoms with Crippen LogP contribution in [0.4, 0.5) is 0 Å². The molecule has 2 aromatic rings. The van der Waals surface area contributed by atoms with Crippen LogP contribution in [0.15, 0.2) is 30.5 Å². The molecule has 3 N–H and O–H groups in total. The molecular formula is C13H17N3O. The summed E-state index contributed by atoms with van der Waals surface area (Å²) in [5.41, 5.74) is 7.53. The van der Waals surface area contributed by atoms with Crippen molar-refractivity contribution in [3.8, 4) is 0 Å². The lowest BCUT2D eigenvalue weighted by Gasteiger charge is -2.15. The van der Waals surface area contributed by atoms with E-state index >= 15 is 0 Å². The number of benzene rings is 1. The number of fused-ring (bicyclic) bond motifs is 1. The monoisotopic (exact) mass is 231 g/mol. The second-order valence-electron chi connectivity index (χ2n) is 4.14. The topological polar surface area (TPSA) is 62.1 Å². The summed E-state index contributed by atoms with van der Waals surface area (Å²) in [6, 6.07) is 7.99. The fourth-order valence-electron chi connectivity index (χ4n) is 1.89. The van der Waals surface area contributed by atoms with E-state index in [0.717, 1.165) is 16.5 Å². The molecule has 0 aliphatic carbocycles. The zero-order valence-electron chi connectivity index (χ0n) is 9.94. The fourth-order valence-corrected chi connectivity index (χ4v) is 1.89. The van der Waals surface area contributed by atoms with Gasteiger partial charge in [-0.2, -0.15) is 0 Å². The molecule has 0 aliphatic heterocycles. The summed E-state index contributed by atoms with van der Waals surface area (Å²) in [6.07, 6.45) is 2.32. The van der Waals surface area contributed by atoms with Crippen LogP contribution >= 0.6 is 0 Å². The first-order valence-corrected chi connectivity index (χ1v) is 5.71. The van der Waals surface area contributed by atoms with Gasteiger partial charge in [-0.05, 0) is 11.6 Å². The van der Waals surface area contributed by atoms with Crippen LogP contribution in [-0.4, -0.2) is 35.9 Å². The Kier molecular flexibility index (Phi) is 3.44. The van der Waals surface area contributed by atoms with E-state index in [-0.39, 0.29) is 5.91 Å². The first-order chi connectivity index (χ1) is 8.22. The standard InChI is InChI=1S/C13H17N3O/c1-16(7-6-14)13(17)8-10-9-15-12-5-3-2-4-11(10)12/h2-5,9,15H,6-8,14H2,1H3. The van der Waals surface area contributed by atoms with Gasteiger partial charge in [0.2, 0.25) is 5.91 Å². The van der Waals surface area contributed by atoms with Crippen LogP contribution in [0.25, 0.3) is 10.9 Å². The smallest absolute Gasteiger partial charge is 0.226 e. The highest BCUT2D eigenvalue weighted by Crippen LogP contribution is 2.18. The van der Waals surface area contributed by atoms with Gasteiger partial charge in [-0.3, -0.25) is 4.79 Å². The number of para-hydroxylation sites is 1. The van der Waals surface area contributed by atoms with Crippen molar-refractivity contribution in [2.24, 2.45) is 5.73 Å². The van der Waals surface area contributed by atoms with Crippen LogP contribution in [0.3, 0.4) is 0 Å². The van der Waals surface area contributed by atoms with Gasteiger partial charge in [-0.15, -0.1) is 0 Å². The lowest BCUT2D eigenvalue weighted by molar-refractivity contribution is -0.129. The molecule has 0 saturated heterocycles. The largest absolute Gasteiger partial charge is 0.361 e. The number of carbonyl (C=O) groups excluding carboxylic acids is 1. The van der Waals surface area contributed by atoms with E-state index < -0.39 is 0 Å². The highest BCUT2D eigenvalue weighted by molar-refractivity contribution is 5.88. The number of nitrogens with two attached hydrogens (primary N) is 1. The average molecular weight is 231 g/mol. The molecule has 1 amide bonds. The van der Waals surface area contributed by atoms with Gasteiger partial charge in [-0.1, -0.05) is 18.2 Å². The van der Waals surface area contributed by atoms with Gasteiger partial charge in [0.25, 0.3) is 0 Å². The van der Waals surface area contributed by atoms with E-state index in [4.69, 9.17) is 5.73 Å². The van der Waals surface area contributed by atoms with Gasteiger partial charge in [0, 0.05) is 37.2 Å². The van der Waals surface area contributed by atoms with E-state index in [1.165, 1.54) is 0 Å². The molecule has 17 heavy (non-hydrogen) atoms. The second-order valence-corrected chi connectivity index (χ2v) is 4.14. The Morgan fingerprint density at radius 3 is 2.94 bits per heavy atom. The summed E-state index contributed by atoms with van der Waals surface area (Å²) in [6.45, 7) is 1.09. The number of H-pyrrole nitrogens is 1. The maximum absolute atomic E-state index is 11.9. The maximum Gasteiger partial charge on any atom is 0.226 e. The second kappa shape index (κ2) is 5.01. The number of likely N-dealkylation sites (N-methyl/N-ethyl adjacent to an activating group) is 1. The third-order valence-electron chi connectivity index (χ3n) is 2.91. The first-order valence-electron chi connectivity index (χ1n) is 5.71. The Bertz CT molecular complexity index is 518. The number of hydrogen-bond acceptors (Lipinski definition) is 2. The van der Waals surface area contributed by atoms with Gasteiger partial charge in [0.15, 0.2) is 0 Å². The molecule has 0 bridgehead atoms. The zero-order chi connectivity index (χ0) is 12.3. The molecule has 1 aromatic carbocycles. The first kappa shape index (κ1) is 11.7. The third kappa shape index (κ3) is 2.47. The SMILES string of the molecule is CN(CCN)C(=O)Cc1c[nH]c2ccccc12. The Morgan fingerprint density at radius 2 is 2.18 bits per heavy atom. The molecule has 90 valence electrons. The normalized spacial score (nSPS) is 10.7. The Labute approximate surface area is 100 Å². The van der Waals surface area contributed by atoms with E-state index in [1.54, 1.807) is 11.9 Å². The number of hydrogen-bond donors (Lipinski definition) is 2. The third-order valence-corrected chi connectivity index (χ3v) is 2.91. The number of amides is 1. The van der Waals surface area contributed by atoms with E-state index in [1.807, 2.05) is 30.5 Å². The molecule has 0 atom stereocenters. The fraction of sp³-hybridized carbons (Fsp3) is 0.308. The number of aromatic nitrogens is 1. The lowest BCUT2D eigenvalue weighted by Crippen LogP contribution is -2.32. The van der Waals surface area contributed by atoms with Crippen LogP contribution in [0.5, 0.6) is 0 Å². The van der Waals surface area contributed by atoms with E-state index in [9.17, 15) is 4.79 Å². The molecule has 0 unspecified atom stereocenters. The molecule has 0 spiro atoms. The molecule has 1 aromatic heterocycles. The van der Waals surface area contributed by atoms with Gasteiger partial charge >= 0.3 is 0 Å². The van der Waals surface area contributed by atoms with Crippen LogP contribution < -0.4 is 5.73 Å². The zero-order valence-corrected chi connectivity index (χ0v) is 9.94. The van der Waals surface area contributed by atoms with Crippen LogP contribution in [0.2, 0.25) is 0 Å². The average Bonchev–Trinajstić information content (AvgIpc) is 2.73. The molecule has 0 fully saturated rings. The van der Waals surface area contributed by atoms with Crippen LogP contribution in [-0.2, 0) is 11.2 Å². The number of nitrogens with zero attached hydrogens (tertiary/aromatic N) is 1. The van der Waals surface area contributed by atoms with Crippen molar-refractivity contribution in [2.45, 2.75) is 6.42 Å². The van der Waals surface area contributed by atoms with Gasteiger partial charge in [0.1, 0.15) is 0 Å². The summed E-state index contributed by atoms with van der Waals surface area (Å²) in [4.78, 5) is 16.7. The Hall–Kier alpha value is -1.81. The van der Waals surface area contributed by atoms with Crippen LogP contribution in [0, 0.1) is 0 Å². The number of rotatable bonds is 4. The van der Waals surface area contributed by atoms with Gasteiger partial charge < -0.3 is 15.6 Å². The Morgan fingerprint density at radius 1 is 1.41 bits per heavy atom. The minimum absolute atomic E-state index is 0.0974. The van der Waals surface area contributed by atoms with Crippen molar-refractivity contribution in [3.63, 3.8) is 0 Å². The summed E-state index contributed by atoms with van der Waals surface area (Å²) in [5.74, 6) is 0.0974. The van der Waals surface area contributed by atoms with Crippen molar-refractivity contribution in [3.05, 3.63) is 36.0 Å². The van der Waals surface area contributed by atoms with Crippen molar-refractivity contribution in [2.75, 3.05) is 20.1 Å². The van der Waals surface area contributed by atoms with E-state index in [0.29, 0.717) is 19.5 Å². The molecule has 4 nitrogen and oxygen atoms in total. The molecule has 0 saturated carbocycles. The van der Waals surface area contributed by atoms with Crippen molar-refractivity contribution >= 4 is 16.8 Å². The predicted molar refractivity (Wildman–Crippen MR) is 68.7 cm³/mol. The number of nitrogens with one attached hydrogen (secondary N) is 1. The summed E-state index contributed by atoms with van der Waals surface area (Å²) < 4.78 is 0. The molecule has 2 rings (SSSR count). The molecule has 1 heterocycles. The molecule has 0 aliphatic rings. The molecule has 4 heteroatoms. The lowest BCUT2D eigenvalue weighted by atomic mass is 10.1. The summed E-state index contributed by atoms with van der Waals surface area (Å²) >= 11 is 0. The van der Waals surface area contributed by atoms with Crippen LogP contribution in [0.1, 0.15) is 5.56 Å². The Balaban J connectivity index is 2.16. The quantitative estimate of drug-likeness (QED) is 0.828. The summed E-state index contributed by atoms with van der Waals surface area (Å²) in [5, 5.41) is 1.11. The number of carbonyl (C=O) groups is 1. The molecule has 0 radical (unpaired) electrons. The summed E-state index contributed by atoms with van der Waals surface area (Å²) in [7, 11) is 1.78. The van der Waals surface area contributed by atoms with Crippen molar-refractivity contribution in [1.82, 2.24) is 9.88 Å². The highest BCUT2D eigenvalue weighted by Gasteiger charge is 2.11. The van der Waals surface area contributed by atoms with Gasteiger partial charge in [-0.25, -0.2) is 0 Å². The van der Waals surface area contributed by atoms with E-state index in [2.05, 4.69) is 4.98 Å². The number of aromatic amines is 1. The van der Waals surface area contributed by atoms with Crippen molar-refractivity contribution in [1.29, 1.82) is 0 Å². The minimum Gasteiger partial charge on any atom is -0.361 e. The highest BCUT2D eigenvalue weighted by atomic mass is 16.2. The molecular weight excluding hydrogens is 214 g/mol. The van der Waals surface area contributed by atoms with Gasteiger partial charge in [0.05, 0.1) is 6.42 Å².